The fourth-order valence-corrected chi connectivity index (χ4v) is 2.22. The second-order valence-corrected chi connectivity index (χ2v) is 5.48. The summed E-state index contributed by atoms with van der Waals surface area (Å²) in [4.78, 5) is 12.1. The number of carbonyl (C=O) groups is 1. The fourth-order valence-electron chi connectivity index (χ4n) is 2.22. The molecule has 3 unspecified atom stereocenters. The molecule has 0 aromatic carbocycles. The molecule has 0 radical (unpaired) electrons. The molecule has 108 valence electrons. The van der Waals surface area contributed by atoms with E-state index in [4.69, 9.17) is 11.5 Å². The molecule has 0 fully saturated rings. The molecule has 3 atom stereocenters. The predicted octanol–water partition coefficient (Wildman–Crippen LogP) is 1.47. The molecule has 0 heterocycles. The van der Waals surface area contributed by atoms with Gasteiger partial charge in [-0.1, -0.05) is 44.6 Å². The first kappa shape index (κ1) is 15.9. The Morgan fingerprint density at radius 1 is 1.42 bits per heavy atom. The minimum Gasteiger partial charge on any atom is -0.348 e. The summed E-state index contributed by atoms with van der Waals surface area (Å²) < 4.78 is 0. The Bertz CT molecular complexity index is 351. The van der Waals surface area contributed by atoms with Gasteiger partial charge in [-0.05, 0) is 25.8 Å². The van der Waals surface area contributed by atoms with Crippen molar-refractivity contribution in [1.29, 1.82) is 0 Å². The van der Waals surface area contributed by atoms with Gasteiger partial charge in [0.2, 0.25) is 5.91 Å². The van der Waals surface area contributed by atoms with Crippen LogP contribution < -0.4 is 16.8 Å². The highest BCUT2D eigenvalue weighted by Crippen LogP contribution is 2.31. The number of unbranched alkanes of at least 4 members (excludes halogenated alkanes) is 1. The lowest BCUT2D eigenvalue weighted by Gasteiger charge is -2.35. The zero-order valence-electron chi connectivity index (χ0n) is 12.1. The van der Waals surface area contributed by atoms with Crippen LogP contribution in [-0.4, -0.2) is 24.5 Å². The summed E-state index contributed by atoms with van der Waals surface area (Å²) in [6, 6.07) is -0.414. The zero-order valence-corrected chi connectivity index (χ0v) is 12.1. The molecule has 1 amide bonds. The van der Waals surface area contributed by atoms with Crippen LogP contribution in [0.3, 0.4) is 0 Å². The summed E-state index contributed by atoms with van der Waals surface area (Å²) in [6.45, 7) is 4.93. The van der Waals surface area contributed by atoms with E-state index in [9.17, 15) is 4.79 Å². The lowest BCUT2D eigenvalue weighted by Crippen LogP contribution is -2.50. The van der Waals surface area contributed by atoms with E-state index in [1.54, 1.807) is 0 Å². The number of carbonyl (C=O) groups excluding carboxylic acids is 1. The van der Waals surface area contributed by atoms with Gasteiger partial charge in [-0.3, -0.25) is 4.79 Å². The minimum atomic E-state index is -0.438. The normalized spacial score (nSPS) is 27.3. The molecule has 0 aliphatic heterocycles. The molecule has 1 aliphatic rings. The summed E-state index contributed by atoms with van der Waals surface area (Å²) in [5.41, 5.74) is 11.3. The largest absolute Gasteiger partial charge is 0.348 e. The van der Waals surface area contributed by atoms with Crippen molar-refractivity contribution in [2.75, 3.05) is 6.54 Å². The van der Waals surface area contributed by atoms with Crippen molar-refractivity contribution in [3.63, 3.8) is 0 Å². The van der Waals surface area contributed by atoms with Crippen molar-refractivity contribution in [1.82, 2.24) is 5.32 Å². The van der Waals surface area contributed by atoms with Crippen LogP contribution >= 0.6 is 0 Å². The number of amides is 1. The molecule has 5 N–H and O–H groups in total. The van der Waals surface area contributed by atoms with E-state index < -0.39 is 6.04 Å². The van der Waals surface area contributed by atoms with Crippen molar-refractivity contribution in [2.24, 2.45) is 16.9 Å². The third kappa shape index (κ3) is 4.48. The van der Waals surface area contributed by atoms with E-state index in [0.717, 1.165) is 19.3 Å². The van der Waals surface area contributed by atoms with Crippen LogP contribution in [0.15, 0.2) is 24.3 Å². The average Bonchev–Trinajstić information content (AvgIpc) is 2.41. The predicted molar refractivity (Wildman–Crippen MR) is 79.5 cm³/mol. The highest BCUT2D eigenvalue weighted by molar-refractivity contribution is 5.82. The van der Waals surface area contributed by atoms with Gasteiger partial charge in [0.15, 0.2) is 0 Å². The van der Waals surface area contributed by atoms with Crippen LogP contribution in [0.1, 0.15) is 39.5 Å². The number of nitrogens with two attached hydrogens (primary N) is 2. The van der Waals surface area contributed by atoms with E-state index in [1.165, 1.54) is 0 Å². The smallest absolute Gasteiger partial charge is 0.237 e. The molecule has 19 heavy (non-hydrogen) atoms. The van der Waals surface area contributed by atoms with Crippen molar-refractivity contribution in [2.45, 2.75) is 51.6 Å². The molecule has 4 nitrogen and oxygen atoms in total. The van der Waals surface area contributed by atoms with Crippen LogP contribution in [0.5, 0.6) is 0 Å². The van der Waals surface area contributed by atoms with E-state index >= 15 is 0 Å². The lowest BCUT2D eigenvalue weighted by atomic mass is 9.77. The lowest BCUT2D eigenvalue weighted by molar-refractivity contribution is -0.123. The summed E-state index contributed by atoms with van der Waals surface area (Å²) >= 11 is 0. The Hall–Kier alpha value is -1.13. The zero-order chi connectivity index (χ0) is 14.3. The van der Waals surface area contributed by atoms with Crippen LogP contribution in [0.25, 0.3) is 0 Å². The second kappa shape index (κ2) is 7.46. The summed E-state index contributed by atoms with van der Waals surface area (Å²) in [5.74, 6) is -0.0679. The Balaban J connectivity index is 2.51. The third-order valence-electron chi connectivity index (χ3n) is 3.97. The summed E-state index contributed by atoms with van der Waals surface area (Å²) in [6.07, 6.45) is 11.7. The van der Waals surface area contributed by atoms with Crippen LogP contribution in [0.2, 0.25) is 0 Å². The Morgan fingerprint density at radius 3 is 2.79 bits per heavy atom. The van der Waals surface area contributed by atoms with Crippen molar-refractivity contribution < 1.29 is 4.79 Å². The van der Waals surface area contributed by atoms with Crippen LogP contribution in [-0.2, 0) is 4.79 Å². The third-order valence-corrected chi connectivity index (χ3v) is 3.97. The van der Waals surface area contributed by atoms with Crippen LogP contribution in [0.4, 0.5) is 0 Å². The van der Waals surface area contributed by atoms with Gasteiger partial charge in [-0.15, -0.1) is 0 Å². The van der Waals surface area contributed by atoms with E-state index in [1.807, 2.05) is 18.2 Å². The highest BCUT2D eigenvalue weighted by atomic mass is 16.2. The Labute approximate surface area is 116 Å². The Morgan fingerprint density at radius 2 is 2.16 bits per heavy atom. The fraction of sp³-hybridized carbons (Fsp3) is 0.667. The Kier molecular flexibility index (Phi) is 6.25. The standard InChI is InChI=1S/C15H27N3O/c1-3-15(2)10-6-4-9-13(15)18-14(19)12(17)8-5-7-11-16/h4,6,9-10,12-13H,3,5,7-8,11,16-17H2,1-2H3,(H,18,19). The minimum absolute atomic E-state index is 0.0237. The van der Waals surface area contributed by atoms with Crippen molar-refractivity contribution in [3.05, 3.63) is 24.3 Å². The van der Waals surface area contributed by atoms with Gasteiger partial charge in [-0.25, -0.2) is 0 Å². The van der Waals surface area contributed by atoms with Crippen LogP contribution in [0, 0.1) is 5.41 Å². The SMILES string of the molecule is CCC1(C)C=CC=CC1NC(=O)C(N)CCCCN. The molecule has 0 saturated heterocycles. The van der Waals surface area contributed by atoms with Gasteiger partial charge in [0.05, 0.1) is 12.1 Å². The van der Waals surface area contributed by atoms with E-state index in [0.29, 0.717) is 13.0 Å². The van der Waals surface area contributed by atoms with Gasteiger partial charge in [0.25, 0.3) is 0 Å². The number of hydrogen-bond donors (Lipinski definition) is 3. The number of allylic oxidation sites excluding steroid dienone is 2. The number of nitrogens with one attached hydrogen (secondary N) is 1. The maximum absolute atomic E-state index is 12.1. The maximum Gasteiger partial charge on any atom is 0.237 e. The summed E-state index contributed by atoms with van der Waals surface area (Å²) in [5, 5.41) is 3.05. The monoisotopic (exact) mass is 265 g/mol. The molecule has 0 spiro atoms. The first-order valence-corrected chi connectivity index (χ1v) is 7.15. The molecular formula is C15H27N3O. The van der Waals surface area contributed by atoms with Crippen molar-refractivity contribution in [3.8, 4) is 0 Å². The molecule has 1 rings (SSSR count). The topological polar surface area (TPSA) is 81.1 Å². The molecule has 0 aromatic heterocycles. The van der Waals surface area contributed by atoms with E-state index in [-0.39, 0.29) is 17.4 Å². The van der Waals surface area contributed by atoms with Gasteiger partial charge in [0, 0.05) is 5.41 Å². The molecular weight excluding hydrogens is 238 g/mol. The van der Waals surface area contributed by atoms with Gasteiger partial charge in [0.1, 0.15) is 0 Å². The first-order chi connectivity index (χ1) is 9.03. The number of hydrogen-bond acceptors (Lipinski definition) is 3. The molecule has 4 heteroatoms. The molecule has 1 aliphatic carbocycles. The van der Waals surface area contributed by atoms with Crippen molar-refractivity contribution >= 4 is 5.91 Å². The maximum atomic E-state index is 12.1. The van der Waals surface area contributed by atoms with Gasteiger partial charge < -0.3 is 16.8 Å². The van der Waals surface area contributed by atoms with Gasteiger partial charge >= 0.3 is 0 Å². The summed E-state index contributed by atoms with van der Waals surface area (Å²) in [7, 11) is 0. The van der Waals surface area contributed by atoms with Gasteiger partial charge in [-0.2, -0.15) is 0 Å². The molecule has 0 bridgehead atoms. The quantitative estimate of drug-likeness (QED) is 0.610. The molecule has 0 saturated carbocycles. The van der Waals surface area contributed by atoms with E-state index in [2.05, 4.69) is 25.2 Å². The average molecular weight is 265 g/mol. The number of rotatable bonds is 7. The first-order valence-electron chi connectivity index (χ1n) is 7.15. The molecule has 0 aromatic rings. The highest BCUT2D eigenvalue weighted by Gasteiger charge is 2.31. The second-order valence-electron chi connectivity index (χ2n) is 5.48.